The van der Waals surface area contributed by atoms with Gasteiger partial charge < -0.3 is 10.6 Å². The van der Waals surface area contributed by atoms with Gasteiger partial charge >= 0.3 is 0 Å². The van der Waals surface area contributed by atoms with Crippen LogP contribution in [0.4, 0.5) is 4.39 Å². The fraction of sp³-hybridized carbons (Fsp3) is 0.308. The van der Waals surface area contributed by atoms with Crippen LogP contribution in [0.1, 0.15) is 16.8 Å². The maximum absolute atomic E-state index is 12.9. The Kier molecular flexibility index (Phi) is 3.88. The minimum atomic E-state index is -0.390. The van der Waals surface area contributed by atoms with Crippen molar-refractivity contribution in [1.29, 1.82) is 0 Å². The van der Waals surface area contributed by atoms with Crippen LogP contribution in [0.3, 0.4) is 0 Å². The Morgan fingerprint density at radius 2 is 2.35 bits per heavy atom. The van der Waals surface area contributed by atoms with Gasteiger partial charge in [-0.25, -0.2) is 4.39 Å². The van der Waals surface area contributed by atoms with E-state index in [0.29, 0.717) is 12.1 Å². The number of carbonyl (C=O) groups excluding carboxylic acids is 1. The fourth-order valence-corrected chi connectivity index (χ4v) is 1.76. The number of benzene rings is 1. The molecule has 0 aromatic heterocycles. The summed E-state index contributed by atoms with van der Waals surface area (Å²) in [5, 5.41) is 6.00. The predicted molar refractivity (Wildman–Crippen MR) is 64.3 cm³/mol. The molecule has 0 aliphatic carbocycles. The van der Waals surface area contributed by atoms with Gasteiger partial charge in [-0.2, -0.15) is 0 Å². The van der Waals surface area contributed by atoms with Gasteiger partial charge in [0.1, 0.15) is 5.82 Å². The lowest BCUT2D eigenvalue weighted by molar-refractivity contribution is 0.0956. The molecule has 2 N–H and O–H groups in total. The van der Waals surface area contributed by atoms with Crippen molar-refractivity contribution in [2.75, 3.05) is 19.6 Å². The van der Waals surface area contributed by atoms with Gasteiger partial charge in [-0.15, -0.1) is 0 Å². The number of nitrogens with one attached hydrogen (secondary N) is 2. The van der Waals surface area contributed by atoms with E-state index in [4.69, 9.17) is 0 Å². The first-order valence-electron chi connectivity index (χ1n) is 5.68. The second-order valence-electron chi connectivity index (χ2n) is 4.01. The number of hydrogen-bond acceptors (Lipinski definition) is 2. The Hall–Kier alpha value is -1.68. The summed E-state index contributed by atoms with van der Waals surface area (Å²) in [5.41, 5.74) is 1.58. The van der Waals surface area contributed by atoms with Gasteiger partial charge in [-0.05, 0) is 31.2 Å². The summed E-state index contributed by atoms with van der Waals surface area (Å²) in [6, 6.07) is 5.71. The van der Waals surface area contributed by atoms with Crippen molar-refractivity contribution in [3.8, 4) is 0 Å². The summed E-state index contributed by atoms with van der Waals surface area (Å²) in [6.45, 7) is 2.34. The van der Waals surface area contributed by atoms with E-state index >= 15 is 0 Å². The summed E-state index contributed by atoms with van der Waals surface area (Å²) < 4.78 is 12.9. The first-order valence-corrected chi connectivity index (χ1v) is 5.68. The SMILES string of the molecule is O=C(NCC1=CCNCC1)c1cccc(F)c1. The van der Waals surface area contributed by atoms with Crippen molar-refractivity contribution in [2.24, 2.45) is 0 Å². The van der Waals surface area contributed by atoms with Crippen LogP contribution in [0.5, 0.6) is 0 Å². The molecule has 90 valence electrons. The van der Waals surface area contributed by atoms with Crippen LogP contribution in [0.25, 0.3) is 0 Å². The van der Waals surface area contributed by atoms with Crippen LogP contribution in [0.2, 0.25) is 0 Å². The molecule has 1 heterocycles. The molecule has 0 fully saturated rings. The molecule has 17 heavy (non-hydrogen) atoms. The average molecular weight is 234 g/mol. The lowest BCUT2D eigenvalue weighted by atomic mass is 10.1. The minimum absolute atomic E-state index is 0.232. The van der Waals surface area contributed by atoms with E-state index < -0.39 is 5.82 Å². The van der Waals surface area contributed by atoms with Crippen LogP contribution in [-0.2, 0) is 0 Å². The Morgan fingerprint density at radius 1 is 1.47 bits per heavy atom. The van der Waals surface area contributed by atoms with E-state index in [0.717, 1.165) is 19.5 Å². The summed E-state index contributed by atoms with van der Waals surface area (Å²) in [5.74, 6) is -0.623. The second kappa shape index (κ2) is 5.59. The molecule has 0 radical (unpaired) electrons. The highest BCUT2D eigenvalue weighted by Gasteiger charge is 2.08. The molecule has 1 aromatic rings. The van der Waals surface area contributed by atoms with Crippen molar-refractivity contribution in [3.05, 3.63) is 47.3 Å². The number of hydrogen-bond donors (Lipinski definition) is 2. The van der Waals surface area contributed by atoms with E-state index in [1.54, 1.807) is 6.07 Å². The molecule has 0 bridgehead atoms. The molecule has 4 heteroatoms. The molecule has 0 saturated carbocycles. The van der Waals surface area contributed by atoms with E-state index in [2.05, 4.69) is 16.7 Å². The minimum Gasteiger partial charge on any atom is -0.348 e. The molecule has 1 amide bonds. The normalized spacial score (nSPS) is 15.2. The molecule has 0 spiro atoms. The van der Waals surface area contributed by atoms with Crippen molar-refractivity contribution in [2.45, 2.75) is 6.42 Å². The average Bonchev–Trinajstić information content (AvgIpc) is 2.37. The molecule has 3 nitrogen and oxygen atoms in total. The molecule has 0 unspecified atom stereocenters. The summed E-state index contributed by atoms with van der Waals surface area (Å²) in [6.07, 6.45) is 3.03. The first-order chi connectivity index (χ1) is 8.25. The maximum Gasteiger partial charge on any atom is 0.251 e. The van der Waals surface area contributed by atoms with Crippen LogP contribution >= 0.6 is 0 Å². The number of carbonyl (C=O) groups is 1. The molecular weight excluding hydrogens is 219 g/mol. The van der Waals surface area contributed by atoms with Gasteiger partial charge in [-0.3, -0.25) is 4.79 Å². The lowest BCUT2D eigenvalue weighted by Crippen LogP contribution is -2.29. The molecule has 1 aromatic carbocycles. The standard InChI is InChI=1S/C13H15FN2O/c14-12-3-1-2-11(8-12)13(17)16-9-10-4-6-15-7-5-10/h1-4,8,15H,5-7,9H2,(H,16,17). The van der Waals surface area contributed by atoms with Gasteiger partial charge in [0, 0.05) is 18.7 Å². The summed E-state index contributed by atoms with van der Waals surface area (Å²) in [7, 11) is 0. The van der Waals surface area contributed by atoms with Gasteiger partial charge in [0.05, 0.1) is 0 Å². The molecule has 2 rings (SSSR count). The molecular formula is C13H15FN2O. The highest BCUT2D eigenvalue weighted by Crippen LogP contribution is 2.05. The zero-order chi connectivity index (χ0) is 12.1. The first kappa shape index (κ1) is 11.8. The Bertz CT molecular complexity index is 443. The zero-order valence-corrected chi connectivity index (χ0v) is 9.50. The molecule has 0 atom stereocenters. The monoisotopic (exact) mass is 234 g/mol. The second-order valence-corrected chi connectivity index (χ2v) is 4.01. The van der Waals surface area contributed by atoms with E-state index in [-0.39, 0.29) is 5.91 Å². The van der Waals surface area contributed by atoms with Gasteiger partial charge in [0.25, 0.3) is 5.91 Å². The van der Waals surface area contributed by atoms with E-state index in [1.165, 1.54) is 23.8 Å². The largest absolute Gasteiger partial charge is 0.348 e. The zero-order valence-electron chi connectivity index (χ0n) is 9.50. The third kappa shape index (κ3) is 3.39. The van der Waals surface area contributed by atoms with Gasteiger partial charge in [-0.1, -0.05) is 17.7 Å². The Morgan fingerprint density at radius 3 is 3.06 bits per heavy atom. The lowest BCUT2D eigenvalue weighted by Gasteiger charge is -2.14. The topological polar surface area (TPSA) is 41.1 Å². The quantitative estimate of drug-likeness (QED) is 0.778. The Balaban J connectivity index is 1.91. The molecule has 1 aliphatic heterocycles. The van der Waals surface area contributed by atoms with Crippen molar-refractivity contribution >= 4 is 5.91 Å². The van der Waals surface area contributed by atoms with Crippen molar-refractivity contribution in [3.63, 3.8) is 0 Å². The fourth-order valence-electron chi connectivity index (χ4n) is 1.76. The highest BCUT2D eigenvalue weighted by molar-refractivity contribution is 5.94. The number of amides is 1. The third-order valence-corrected chi connectivity index (χ3v) is 2.72. The predicted octanol–water partition coefficient (Wildman–Crippen LogP) is 1.48. The highest BCUT2D eigenvalue weighted by atomic mass is 19.1. The number of rotatable bonds is 3. The smallest absolute Gasteiger partial charge is 0.251 e. The number of halogens is 1. The Labute approximate surface area is 99.7 Å². The summed E-state index contributed by atoms with van der Waals surface area (Å²) in [4.78, 5) is 11.7. The van der Waals surface area contributed by atoms with Crippen LogP contribution in [-0.4, -0.2) is 25.5 Å². The molecule has 1 aliphatic rings. The van der Waals surface area contributed by atoms with E-state index in [9.17, 15) is 9.18 Å². The van der Waals surface area contributed by atoms with Crippen molar-refractivity contribution < 1.29 is 9.18 Å². The van der Waals surface area contributed by atoms with Crippen LogP contribution < -0.4 is 10.6 Å². The van der Waals surface area contributed by atoms with Crippen LogP contribution in [0.15, 0.2) is 35.9 Å². The molecule has 0 saturated heterocycles. The van der Waals surface area contributed by atoms with Gasteiger partial charge in [0.2, 0.25) is 0 Å². The summed E-state index contributed by atoms with van der Waals surface area (Å²) >= 11 is 0. The van der Waals surface area contributed by atoms with Crippen LogP contribution in [0, 0.1) is 5.82 Å². The third-order valence-electron chi connectivity index (χ3n) is 2.72. The van der Waals surface area contributed by atoms with E-state index in [1.807, 2.05) is 0 Å². The van der Waals surface area contributed by atoms with Crippen molar-refractivity contribution in [1.82, 2.24) is 10.6 Å². The van der Waals surface area contributed by atoms with Gasteiger partial charge in [0.15, 0.2) is 0 Å². The maximum atomic E-state index is 12.9.